The summed E-state index contributed by atoms with van der Waals surface area (Å²) < 4.78 is 0. The molecule has 0 unspecified atom stereocenters. The third kappa shape index (κ3) is 2.21. The van der Waals surface area contributed by atoms with E-state index in [1.54, 1.807) is 30.3 Å². The number of carbonyl (C=O) groups excluding carboxylic acids is 3. The Hall–Kier alpha value is -2.08. The van der Waals surface area contributed by atoms with Crippen LogP contribution in [0.5, 0.6) is 0 Å². The van der Waals surface area contributed by atoms with E-state index in [0.717, 1.165) is 4.90 Å². The topological polar surface area (TPSA) is 77.5 Å². The highest BCUT2D eigenvalue weighted by molar-refractivity contribution is 8.18. The van der Waals surface area contributed by atoms with Gasteiger partial charge in [-0.25, -0.2) is 4.90 Å². The average molecular weight is 248 g/mol. The second kappa shape index (κ2) is 4.42. The number of aliphatic carboxylic acids is 1. The van der Waals surface area contributed by atoms with E-state index < -0.39 is 17.1 Å². The molecule has 0 N–H and O–H groups in total. The molecule has 1 aliphatic heterocycles. The van der Waals surface area contributed by atoms with Crippen molar-refractivity contribution in [3.63, 3.8) is 0 Å². The van der Waals surface area contributed by atoms with Gasteiger partial charge in [-0.1, -0.05) is 18.2 Å². The second-order valence-electron chi connectivity index (χ2n) is 3.17. The number of benzene rings is 1. The minimum absolute atomic E-state index is 0.140. The van der Waals surface area contributed by atoms with Crippen LogP contribution in [0.4, 0.5) is 10.5 Å². The molecule has 0 aromatic heterocycles. The number of carboxylic acid groups (broad SMARTS) is 1. The van der Waals surface area contributed by atoms with Crippen LogP contribution in [0, 0.1) is 0 Å². The van der Waals surface area contributed by atoms with Crippen LogP contribution in [-0.2, 0) is 9.59 Å². The first-order chi connectivity index (χ1) is 8.09. The Morgan fingerprint density at radius 2 is 1.88 bits per heavy atom. The zero-order chi connectivity index (χ0) is 12.4. The van der Waals surface area contributed by atoms with Crippen molar-refractivity contribution < 1.29 is 19.5 Å². The molecule has 86 valence electrons. The first-order valence-electron chi connectivity index (χ1n) is 4.63. The molecular formula is C11H6NO4S-. The molecule has 0 spiro atoms. The van der Waals surface area contributed by atoms with Gasteiger partial charge in [-0.15, -0.1) is 0 Å². The number of anilines is 1. The normalized spacial score (nSPS) is 17.9. The van der Waals surface area contributed by atoms with E-state index in [0.29, 0.717) is 23.5 Å². The summed E-state index contributed by atoms with van der Waals surface area (Å²) in [6.45, 7) is 0. The molecule has 1 fully saturated rings. The van der Waals surface area contributed by atoms with E-state index in [1.807, 2.05) is 0 Å². The molecule has 2 rings (SSSR count). The summed E-state index contributed by atoms with van der Waals surface area (Å²) in [6.07, 6.45) is 0.633. The summed E-state index contributed by atoms with van der Waals surface area (Å²) in [7, 11) is 0. The fourth-order valence-electron chi connectivity index (χ4n) is 1.37. The molecule has 2 amide bonds. The lowest BCUT2D eigenvalue weighted by Gasteiger charge is -2.11. The maximum Gasteiger partial charge on any atom is 0.298 e. The first kappa shape index (κ1) is 11.4. The van der Waals surface area contributed by atoms with Crippen LogP contribution in [0.15, 0.2) is 41.3 Å². The predicted octanol–water partition coefficient (Wildman–Crippen LogP) is 0.520. The maximum atomic E-state index is 11.8. The van der Waals surface area contributed by atoms with E-state index in [9.17, 15) is 19.5 Å². The van der Waals surface area contributed by atoms with E-state index in [1.165, 1.54) is 0 Å². The minimum atomic E-state index is -1.50. The van der Waals surface area contributed by atoms with Gasteiger partial charge in [0, 0.05) is 0 Å². The number of hydrogen-bond donors (Lipinski definition) is 0. The smallest absolute Gasteiger partial charge is 0.298 e. The number of amides is 2. The molecule has 1 heterocycles. The molecule has 0 aliphatic carbocycles. The molecule has 0 atom stereocenters. The third-order valence-corrected chi connectivity index (χ3v) is 2.93. The molecule has 1 aliphatic rings. The lowest BCUT2D eigenvalue weighted by molar-refractivity contribution is -0.297. The molecule has 0 radical (unpaired) electrons. The third-order valence-electron chi connectivity index (χ3n) is 2.06. The largest absolute Gasteiger partial charge is 0.545 e. The Morgan fingerprint density at radius 1 is 1.24 bits per heavy atom. The van der Waals surface area contributed by atoms with E-state index >= 15 is 0 Å². The highest BCUT2D eigenvalue weighted by Crippen LogP contribution is 2.33. The number of nitrogens with zero attached hydrogens (tertiary/aromatic N) is 1. The highest BCUT2D eigenvalue weighted by atomic mass is 32.2. The van der Waals surface area contributed by atoms with Crippen LogP contribution in [0.2, 0.25) is 0 Å². The Balaban J connectivity index is 2.36. The molecule has 0 saturated carbocycles. The number of para-hydroxylation sites is 1. The summed E-state index contributed by atoms with van der Waals surface area (Å²) in [5.41, 5.74) is 0.414. The van der Waals surface area contributed by atoms with Gasteiger partial charge in [0.2, 0.25) is 0 Å². The van der Waals surface area contributed by atoms with Crippen molar-refractivity contribution in [2.24, 2.45) is 0 Å². The summed E-state index contributed by atoms with van der Waals surface area (Å²) >= 11 is 0.583. The average Bonchev–Trinajstić information content (AvgIpc) is 2.54. The summed E-state index contributed by atoms with van der Waals surface area (Å²) in [5.74, 6) is -2.14. The fourth-order valence-corrected chi connectivity index (χ4v) is 2.18. The Morgan fingerprint density at radius 3 is 2.47 bits per heavy atom. The van der Waals surface area contributed by atoms with Crippen molar-refractivity contribution in [1.82, 2.24) is 0 Å². The van der Waals surface area contributed by atoms with Crippen molar-refractivity contribution in [3.05, 3.63) is 41.3 Å². The fraction of sp³-hybridized carbons (Fsp3) is 0. The van der Waals surface area contributed by atoms with Crippen molar-refractivity contribution in [3.8, 4) is 0 Å². The van der Waals surface area contributed by atoms with Gasteiger partial charge in [0.05, 0.1) is 16.6 Å². The van der Waals surface area contributed by atoms with Gasteiger partial charge >= 0.3 is 0 Å². The second-order valence-corrected chi connectivity index (χ2v) is 4.16. The van der Waals surface area contributed by atoms with Gasteiger partial charge in [0.25, 0.3) is 11.1 Å². The number of carbonyl (C=O) groups is 3. The van der Waals surface area contributed by atoms with Crippen molar-refractivity contribution >= 4 is 34.6 Å². The maximum absolute atomic E-state index is 11.8. The van der Waals surface area contributed by atoms with Crippen LogP contribution in [-0.4, -0.2) is 17.1 Å². The first-order valence-corrected chi connectivity index (χ1v) is 5.45. The monoisotopic (exact) mass is 248 g/mol. The van der Waals surface area contributed by atoms with Crippen LogP contribution in [0.3, 0.4) is 0 Å². The molecule has 5 nitrogen and oxygen atoms in total. The van der Waals surface area contributed by atoms with Crippen molar-refractivity contribution in [2.45, 2.75) is 0 Å². The number of carboxylic acids is 1. The van der Waals surface area contributed by atoms with Crippen LogP contribution < -0.4 is 10.0 Å². The Labute approximate surface area is 101 Å². The zero-order valence-corrected chi connectivity index (χ0v) is 9.27. The van der Waals surface area contributed by atoms with E-state index in [2.05, 4.69) is 0 Å². The molecule has 0 bridgehead atoms. The predicted molar refractivity (Wildman–Crippen MR) is 60.0 cm³/mol. The standard InChI is InChI=1S/C11H7NO4S/c13-9(14)6-8-10(15)12(11(16)17-8)7-4-2-1-3-5-7/h1-6H,(H,13,14)/p-1/b8-6-. The van der Waals surface area contributed by atoms with E-state index in [4.69, 9.17) is 0 Å². The zero-order valence-electron chi connectivity index (χ0n) is 8.45. The number of rotatable bonds is 2. The summed E-state index contributed by atoms with van der Waals surface area (Å²) in [4.78, 5) is 34.5. The molecule has 1 saturated heterocycles. The van der Waals surface area contributed by atoms with Gasteiger partial charge in [0.1, 0.15) is 0 Å². The molecule has 6 heteroatoms. The molecule has 17 heavy (non-hydrogen) atoms. The lowest BCUT2D eigenvalue weighted by Crippen LogP contribution is -2.28. The van der Waals surface area contributed by atoms with E-state index in [-0.39, 0.29) is 4.91 Å². The Kier molecular flexibility index (Phi) is 2.97. The van der Waals surface area contributed by atoms with Gasteiger partial charge in [-0.2, -0.15) is 0 Å². The van der Waals surface area contributed by atoms with Crippen LogP contribution in [0.1, 0.15) is 0 Å². The van der Waals surface area contributed by atoms with Gasteiger partial charge < -0.3 is 9.90 Å². The van der Waals surface area contributed by atoms with Crippen molar-refractivity contribution in [2.75, 3.05) is 4.90 Å². The molecule has 1 aromatic rings. The van der Waals surface area contributed by atoms with Gasteiger partial charge in [-0.3, -0.25) is 9.59 Å². The summed E-state index contributed by atoms with van der Waals surface area (Å²) in [6, 6.07) is 8.30. The van der Waals surface area contributed by atoms with Crippen molar-refractivity contribution in [1.29, 1.82) is 0 Å². The minimum Gasteiger partial charge on any atom is -0.545 e. The van der Waals surface area contributed by atoms with Crippen LogP contribution >= 0.6 is 11.8 Å². The molecule has 1 aromatic carbocycles. The quantitative estimate of drug-likeness (QED) is 0.713. The highest BCUT2D eigenvalue weighted by Gasteiger charge is 2.35. The van der Waals surface area contributed by atoms with Gasteiger partial charge in [0.15, 0.2) is 0 Å². The Bertz CT molecular complexity index is 524. The molecular weight excluding hydrogens is 242 g/mol. The lowest BCUT2D eigenvalue weighted by atomic mass is 10.3. The number of imide groups is 1. The van der Waals surface area contributed by atoms with Gasteiger partial charge in [-0.05, 0) is 30.0 Å². The number of hydrogen-bond acceptors (Lipinski definition) is 5. The SMILES string of the molecule is O=C([O-])/C=C1\SC(=O)N(c2ccccc2)C1=O. The summed E-state index contributed by atoms with van der Waals surface area (Å²) in [5, 5.41) is 9.85. The van der Waals surface area contributed by atoms with Crippen LogP contribution in [0.25, 0.3) is 0 Å². The number of thioether (sulfide) groups is 1.